The van der Waals surface area contributed by atoms with Crippen LogP contribution < -0.4 is 0 Å². The highest BCUT2D eigenvalue weighted by Crippen LogP contribution is 2.27. The maximum atomic E-state index is 9.32. The van der Waals surface area contributed by atoms with Crippen molar-refractivity contribution in [2.45, 2.75) is 25.6 Å². The number of benzene rings is 1. The highest BCUT2D eigenvalue weighted by molar-refractivity contribution is 5.13. The van der Waals surface area contributed by atoms with Crippen LogP contribution in [0.4, 0.5) is 0 Å². The third-order valence-corrected chi connectivity index (χ3v) is 2.82. The van der Waals surface area contributed by atoms with Gasteiger partial charge in [-0.3, -0.25) is 0 Å². The van der Waals surface area contributed by atoms with Gasteiger partial charge in [0, 0.05) is 5.92 Å². The molecule has 0 bridgehead atoms. The van der Waals surface area contributed by atoms with E-state index in [0.29, 0.717) is 19.1 Å². The Morgan fingerprint density at radius 2 is 2.00 bits per heavy atom. The summed E-state index contributed by atoms with van der Waals surface area (Å²) in [6.45, 7) is 1.35. The third kappa shape index (κ3) is 2.34. The highest BCUT2D eigenvalue weighted by Gasteiger charge is 2.28. The molecule has 1 N–H and O–H groups in total. The lowest BCUT2D eigenvalue weighted by Gasteiger charge is -2.31. The Hall–Kier alpha value is -0.860. The molecule has 1 saturated carbocycles. The SMILES string of the molecule is O[C@H]1CCC1COCc1ccccc1. The molecular formula is C12H16O2. The van der Waals surface area contributed by atoms with Crippen molar-refractivity contribution < 1.29 is 9.84 Å². The first-order valence-corrected chi connectivity index (χ1v) is 5.16. The van der Waals surface area contributed by atoms with E-state index in [1.165, 1.54) is 5.56 Å². The van der Waals surface area contributed by atoms with E-state index in [1.54, 1.807) is 0 Å². The predicted molar refractivity (Wildman–Crippen MR) is 54.8 cm³/mol. The number of aliphatic hydroxyl groups is 1. The average Bonchev–Trinajstić information content (AvgIpc) is 2.24. The quantitative estimate of drug-likeness (QED) is 0.790. The summed E-state index contributed by atoms with van der Waals surface area (Å²) in [6, 6.07) is 10.1. The molecule has 1 fully saturated rings. The van der Waals surface area contributed by atoms with Gasteiger partial charge >= 0.3 is 0 Å². The fourth-order valence-electron chi connectivity index (χ4n) is 1.65. The molecule has 2 atom stereocenters. The molecule has 0 heterocycles. The summed E-state index contributed by atoms with van der Waals surface area (Å²) >= 11 is 0. The number of aliphatic hydroxyl groups excluding tert-OH is 1. The molecule has 0 saturated heterocycles. The van der Waals surface area contributed by atoms with Crippen molar-refractivity contribution in [3.63, 3.8) is 0 Å². The van der Waals surface area contributed by atoms with Crippen molar-refractivity contribution in [1.82, 2.24) is 0 Å². The van der Waals surface area contributed by atoms with Gasteiger partial charge in [0.25, 0.3) is 0 Å². The van der Waals surface area contributed by atoms with Crippen molar-refractivity contribution in [2.24, 2.45) is 5.92 Å². The van der Waals surface area contributed by atoms with E-state index in [2.05, 4.69) is 12.1 Å². The van der Waals surface area contributed by atoms with E-state index in [-0.39, 0.29) is 6.10 Å². The van der Waals surface area contributed by atoms with Gasteiger partial charge in [-0.2, -0.15) is 0 Å². The summed E-state index contributed by atoms with van der Waals surface area (Å²) in [6.07, 6.45) is 1.93. The maximum absolute atomic E-state index is 9.32. The largest absolute Gasteiger partial charge is 0.393 e. The van der Waals surface area contributed by atoms with Gasteiger partial charge in [0.05, 0.1) is 19.3 Å². The topological polar surface area (TPSA) is 29.5 Å². The Balaban J connectivity index is 1.68. The lowest BCUT2D eigenvalue weighted by Crippen LogP contribution is -2.34. The molecule has 1 aromatic rings. The molecule has 1 aliphatic rings. The first kappa shape index (κ1) is 9.69. The van der Waals surface area contributed by atoms with Gasteiger partial charge in [-0.25, -0.2) is 0 Å². The Morgan fingerprint density at radius 1 is 1.21 bits per heavy atom. The molecule has 0 amide bonds. The van der Waals surface area contributed by atoms with E-state index in [9.17, 15) is 5.11 Å². The molecule has 1 aliphatic carbocycles. The maximum Gasteiger partial charge on any atom is 0.0717 e. The Bertz CT molecular complexity index is 271. The van der Waals surface area contributed by atoms with Gasteiger partial charge < -0.3 is 9.84 Å². The fraction of sp³-hybridized carbons (Fsp3) is 0.500. The van der Waals surface area contributed by atoms with Gasteiger partial charge in [0.1, 0.15) is 0 Å². The van der Waals surface area contributed by atoms with Crippen LogP contribution in [0.25, 0.3) is 0 Å². The zero-order chi connectivity index (χ0) is 9.80. The van der Waals surface area contributed by atoms with Gasteiger partial charge in [0.15, 0.2) is 0 Å². The molecule has 0 radical (unpaired) electrons. The molecule has 76 valence electrons. The van der Waals surface area contributed by atoms with Crippen LogP contribution in [-0.2, 0) is 11.3 Å². The van der Waals surface area contributed by atoms with Gasteiger partial charge in [0.2, 0.25) is 0 Å². The predicted octanol–water partition coefficient (Wildman–Crippen LogP) is 1.97. The number of rotatable bonds is 4. The van der Waals surface area contributed by atoms with Crippen LogP contribution in [0.1, 0.15) is 18.4 Å². The van der Waals surface area contributed by atoms with E-state index >= 15 is 0 Å². The zero-order valence-electron chi connectivity index (χ0n) is 8.23. The van der Waals surface area contributed by atoms with Crippen LogP contribution in [0.3, 0.4) is 0 Å². The normalized spacial score (nSPS) is 25.8. The van der Waals surface area contributed by atoms with Gasteiger partial charge in [-0.15, -0.1) is 0 Å². The summed E-state index contributed by atoms with van der Waals surface area (Å²) in [4.78, 5) is 0. The molecule has 0 spiro atoms. The number of hydrogen-bond acceptors (Lipinski definition) is 2. The van der Waals surface area contributed by atoms with E-state index in [1.807, 2.05) is 18.2 Å². The number of hydrogen-bond donors (Lipinski definition) is 1. The zero-order valence-corrected chi connectivity index (χ0v) is 8.23. The van der Waals surface area contributed by atoms with E-state index in [0.717, 1.165) is 12.8 Å². The van der Waals surface area contributed by atoms with Gasteiger partial charge in [-0.1, -0.05) is 30.3 Å². The second-order valence-electron chi connectivity index (χ2n) is 3.91. The molecule has 1 aromatic carbocycles. The summed E-state index contributed by atoms with van der Waals surface area (Å²) in [5, 5.41) is 9.32. The Labute approximate surface area is 84.5 Å². The molecule has 2 heteroatoms. The molecule has 14 heavy (non-hydrogen) atoms. The lowest BCUT2D eigenvalue weighted by atomic mass is 9.83. The smallest absolute Gasteiger partial charge is 0.0717 e. The molecule has 0 aromatic heterocycles. The highest BCUT2D eigenvalue weighted by atomic mass is 16.5. The van der Waals surface area contributed by atoms with Gasteiger partial charge in [-0.05, 0) is 18.4 Å². The third-order valence-electron chi connectivity index (χ3n) is 2.82. The van der Waals surface area contributed by atoms with Crippen molar-refractivity contribution >= 4 is 0 Å². The standard InChI is InChI=1S/C12H16O2/c13-12-7-6-11(12)9-14-8-10-4-2-1-3-5-10/h1-5,11-13H,6-9H2/t11?,12-/m0/s1. The first-order valence-electron chi connectivity index (χ1n) is 5.16. The van der Waals surface area contributed by atoms with E-state index < -0.39 is 0 Å². The Morgan fingerprint density at radius 3 is 2.57 bits per heavy atom. The van der Waals surface area contributed by atoms with E-state index in [4.69, 9.17) is 4.74 Å². The number of ether oxygens (including phenoxy) is 1. The minimum atomic E-state index is -0.120. The summed E-state index contributed by atoms with van der Waals surface area (Å²) in [5.41, 5.74) is 1.20. The minimum absolute atomic E-state index is 0.120. The van der Waals surface area contributed by atoms with Crippen molar-refractivity contribution in [2.75, 3.05) is 6.61 Å². The fourth-order valence-corrected chi connectivity index (χ4v) is 1.65. The second-order valence-corrected chi connectivity index (χ2v) is 3.91. The second kappa shape index (κ2) is 4.58. The average molecular weight is 192 g/mol. The van der Waals surface area contributed by atoms with Crippen LogP contribution >= 0.6 is 0 Å². The van der Waals surface area contributed by atoms with Crippen LogP contribution in [0.15, 0.2) is 30.3 Å². The molecule has 0 aliphatic heterocycles. The van der Waals surface area contributed by atoms with Crippen LogP contribution in [-0.4, -0.2) is 17.8 Å². The molecule has 2 nitrogen and oxygen atoms in total. The summed E-state index contributed by atoms with van der Waals surface area (Å²) in [5.74, 6) is 0.374. The lowest BCUT2D eigenvalue weighted by molar-refractivity contribution is -0.0354. The summed E-state index contributed by atoms with van der Waals surface area (Å²) in [7, 11) is 0. The Kier molecular flexibility index (Phi) is 3.17. The first-order chi connectivity index (χ1) is 6.86. The molecule has 2 rings (SSSR count). The molecule has 1 unspecified atom stereocenters. The van der Waals surface area contributed by atoms with Crippen LogP contribution in [0, 0.1) is 5.92 Å². The van der Waals surface area contributed by atoms with Crippen LogP contribution in [0.2, 0.25) is 0 Å². The van der Waals surface area contributed by atoms with Crippen molar-refractivity contribution in [3.05, 3.63) is 35.9 Å². The van der Waals surface area contributed by atoms with Crippen LogP contribution in [0.5, 0.6) is 0 Å². The monoisotopic (exact) mass is 192 g/mol. The molecular weight excluding hydrogens is 176 g/mol. The minimum Gasteiger partial charge on any atom is -0.393 e. The van der Waals surface area contributed by atoms with Crippen molar-refractivity contribution in [1.29, 1.82) is 0 Å². The van der Waals surface area contributed by atoms with Crippen molar-refractivity contribution in [3.8, 4) is 0 Å². The summed E-state index contributed by atoms with van der Waals surface area (Å²) < 4.78 is 5.53.